The Morgan fingerprint density at radius 3 is 1.72 bits per heavy atom. The molecule has 1 N–H and O–H groups in total. The zero-order valence-electron chi connectivity index (χ0n) is 13.6. The molecule has 4 rings (SSSR count). The molecule has 25 heavy (non-hydrogen) atoms. The van der Waals surface area contributed by atoms with Crippen LogP contribution in [-0.4, -0.2) is 13.1 Å². The fraction of sp³-hybridized carbons (Fsp3) is 0. The van der Waals surface area contributed by atoms with Crippen LogP contribution in [0.25, 0.3) is 10.8 Å². The van der Waals surface area contributed by atoms with E-state index in [0.717, 1.165) is 29.9 Å². The molecule has 3 heteroatoms. The molecule has 0 heterocycles. The minimum absolute atomic E-state index is 1.01. The van der Waals surface area contributed by atoms with Crippen LogP contribution in [0.2, 0.25) is 0 Å². The molecule has 0 unspecified atom stereocenters. The summed E-state index contributed by atoms with van der Waals surface area (Å²) in [6.45, 7) is 0. The number of halogens is 1. The van der Waals surface area contributed by atoms with Crippen molar-refractivity contribution in [1.29, 1.82) is 0 Å². The molecule has 0 aromatic heterocycles. The summed E-state index contributed by atoms with van der Waals surface area (Å²) < 4.78 is 1.11. The van der Waals surface area contributed by atoms with Gasteiger partial charge in [-0.15, -0.1) is 0 Å². The Morgan fingerprint density at radius 2 is 1.12 bits per heavy atom. The van der Waals surface area contributed by atoms with Gasteiger partial charge in [-0.2, -0.15) is 0 Å². The van der Waals surface area contributed by atoms with Crippen molar-refractivity contribution in [1.82, 2.24) is 0 Å². The summed E-state index contributed by atoms with van der Waals surface area (Å²) in [6.07, 6.45) is 0. The summed E-state index contributed by atoms with van der Waals surface area (Å²) in [6, 6.07) is 32.8. The zero-order valence-corrected chi connectivity index (χ0v) is 16.7. The van der Waals surface area contributed by atoms with Gasteiger partial charge in [0, 0.05) is 3.57 Å². The summed E-state index contributed by atoms with van der Waals surface area (Å²) in [5, 5.41) is 5.39. The van der Waals surface area contributed by atoms with E-state index in [4.69, 9.17) is 0 Å². The van der Waals surface area contributed by atoms with E-state index in [0.29, 0.717) is 0 Å². The number of hydrogen-bond donors (Lipinski definition) is 1. The highest BCUT2D eigenvalue weighted by atomic mass is 127. The smallest absolute Gasteiger partial charge is 0.287 e. The predicted molar refractivity (Wildman–Crippen MR) is 116 cm³/mol. The third-order valence-electron chi connectivity index (χ3n) is 4.62. The van der Waals surface area contributed by atoms with Crippen LogP contribution < -0.4 is 15.6 Å². The average Bonchev–Trinajstić information content (AvgIpc) is 2.69. The standard InChI is InChI=1S/C22H17IOSi/c23-21-16-15-17-9-7-8-14-20(17)22(21)25(24,18-10-3-1-4-11-18)19-12-5-2-6-13-19/h1-16,24H. The molecule has 0 radical (unpaired) electrons. The van der Waals surface area contributed by atoms with Crippen LogP contribution in [0.5, 0.6) is 0 Å². The molecule has 0 bridgehead atoms. The molecule has 0 saturated heterocycles. The van der Waals surface area contributed by atoms with Crippen LogP contribution in [0.4, 0.5) is 0 Å². The van der Waals surface area contributed by atoms with Crippen molar-refractivity contribution in [2.75, 3.05) is 0 Å². The van der Waals surface area contributed by atoms with Gasteiger partial charge in [0.2, 0.25) is 0 Å². The van der Waals surface area contributed by atoms with E-state index >= 15 is 0 Å². The van der Waals surface area contributed by atoms with E-state index in [2.05, 4.69) is 71.1 Å². The monoisotopic (exact) mass is 452 g/mol. The molecule has 0 spiro atoms. The van der Waals surface area contributed by atoms with Gasteiger partial charge in [-0.25, -0.2) is 0 Å². The van der Waals surface area contributed by atoms with Gasteiger partial charge in [-0.3, -0.25) is 0 Å². The maximum atomic E-state index is 12.2. The van der Waals surface area contributed by atoms with Crippen LogP contribution in [0.15, 0.2) is 97.1 Å². The minimum atomic E-state index is -3.09. The molecule has 4 aromatic carbocycles. The quantitative estimate of drug-likeness (QED) is 0.287. The lowest BCUT2D eigenvalue weighted by Crippen LogP contribution is -2.68. The Balaban J connectivity index is 2.12. The summed E-state index contributed by atoms with van der Waals surface area (Å²) in [5.74, 6) is 0. The van der Waals surface area contributed by atoms with Gasteiger partial charge in [0.05, 0.1) is 0 Å². The normalized spacial score (nSPS) is 11.6. The van der Waals surface area contributed by atoms with E-state index in [1.54, 1.807) is 0 Å². The highest BCUT2D eigenvalue weighted by Crippen LogP contribution is 2.19. The van der Waals surface area contributed by atoms with Crippen LogP contribution in [0.3, 0.4) is 0 Å². The molecule has 122 valence electrons. The fourth-order valence-electron chi connectivity index (χ4n) is 3.43. The second-order valence-electron chi connectivity index (χ2n) is 6.09. The van der Waals surface area contributed by atoms with Crippen molar-refractivity contribution in [3.63, 3.8) is 0 Å². The second-order valence-corrected chi connectivity index (χ2v) is 10.3. The number of fused-ring (bicyclic) bond motifs is 1. The van der Waals surface area contributed by atoms with Crippen LogP contribution in [0, 0.1) is 3.57 Å². The Hall–Kier alpha value is -1.95. The summed E-state index contributed by atoms with van der Waals surface area (Å²) >= 11 is 2.36. The zero-order chi connectivity index (χ0) is 17.3. The highest BCUT2D eigenvalue weighted by molar-refractivity contribution is 14.1. The van der Waals surface area contributed by atoms with Crippen LogP contribution >= 0.6 is 22.6 Å². The summed E-state index contributed by atoms with van der Waals surface area (Å²) in [7, 11) is -3.09. The molecule has 0 atom stereocenters. The van der Waals surface area contributed by atoms with Gasteiger partial charge in [-0.05, 0) is 55.0 Å². The maximum Gasteiger partial charge on any atom is 0.287 e. The first-order valence-electron chi connectivity index (χ1n) is 8.22. The van der Waals surface area contributed by atoms with Gasteiger partial charge in [0.1, 0.15) is 0 Å². The lowest BCUT2D eigenvalue weighted by Gasteiger charge is -2.29. The van der Waals surface area contributed by atoms with E-state index in [1.165, 1.54) is 0 Å². The van der Waals surface area contributed by atoms with Crippen molar-refractivity contribution in [2.24, 2.45) is 0 Å². The van der Waals surface area contributed by atoms with Crippen molar-refractivity contribution in [3.05, 3.63) is 101 Å². The Labute approximate surface area is 162 Å². The van der Waals surface area contributed by atoms with E-state index in [1.807, 2.05) is 48.5 Å². The van der Waals surface area contributed by atoms with Crippen molar-refractivity contribution >= 4 is 57.2 Å². The van der Waals surface area contributed by atoms with Crippen molar-refractivity contribution in [2.45, 2.75) is 0 Å². The Kier molecular flexibility index (Phi) is 4.46. The predicted octanol–water partition coefficient (Wildman–Crippen LogP) is 3.40. The number of hydrogen-bond acceptors (Lipinski definition) is 1. The van der Waals surface area contributed by atoms with Gasteiger partial charge in [-0.1, -0.05) is 91.0 Å². The number of rotatable bonds is 3. The van der Waals surface area contributed by atoms with E-state index in [9.17, 15) is 4.80 Å². The second kappa shape index (κ2) is 6.75. The first-order valence-corrected chi connectivity index (χ1v) is 11.2. The first-order chi connectivity index (χ1) is 12.2. The fourth-order valence-corrected chi connectivity index (χ4v) is 8.37. The molecule has 0 fully saturated rings. The molecule has 0 aliphatic heterocycles. The van der Waals surface area contributed by atoms with Crippen molar-refractivity contribution < 1.29 is 4.80 Å². The van der Waals surface area contributed by atoms with Gasteiger partial charge >= 0.3 is 0 Å². The summed E-state index contributed by atoms with van der Waals surface area (Å²) in [5.41, 5.74) is 0. The molecule has 0 amide bonds. The van der Waals surface area contributed by atoms with Gasteiger partial charge in [0.15, 0.2) is 0 Å². The topological polar surface area (TPSA) is 20.2 Å². The summed E-state index contributed by atoms with van der Waals surface area (Å²) in [4.78, 5) is 12.2. The first kappa shape index (κ1) is 16.5. The molecule has 0 aliphatic carbocycles. The third-order valence-corrected chi connectivity index (χ3v) is 9.63. The Bertz CT molecular complexity index is 976. The van der Waals surface area contributed by atoms with E-state index in [-0.39, 0.29) is 0 Å². The number of benzene rings is 4. The highest BCUT2D eigenvalue weighted by Gasteiger charge is 2.40. The average molecular weight is 452 g/mol. The molecule has 0 saturated carbocycles. The lowest BCUT2D eigenvalue weighted by atomic mass is 10.1. The van der Waals surface area contributed by atoms with Gasteiger partial charge in [0.25, 0.3) is 8.32 Å². The SMILES string of the molecule is O[Si](c1ccccc1)(c1ccccc1)c1c(I)ccc2ccccc12. The third kappa shape index (κ3) is 2.82. The largest absolute Gasteiger partial charge is 0.421 e. The maximum absolute atomic E-state index is 12.2. The molecule has 0 aliphatic rings. The van der Waals surface area contributed by atoms with Gasteiger partial charge < -0.3 is 4.80 Å². The van der Waals surface area contributed by atoms with Crippen LogP contribution in [0.1, 0.15) is 0 Å². The van der Waals surface area contributed by atoms with Crippen LogP contribution in [-0.2, 0) is 0 Å². The molecular formula is C22H17IOSi. The molecule has 1 nitrogen and oxygen atoms in total. The van der Waals surface area contributed by atoms with E-state index < -0.39 is 8.32 Å². The Morgan fingerprint density at radius 1 is 0.600 bits per heavy atom. The molecule has 4 aromatic rings. The lowest BCUT2D eigenvalue weighted by molar-refractivity contribution is 0.583. The minimum Gasteiger partial charge on any atom is -0.421 e. The van der Waals surface area contributed by atoms with Crippen molar-refractivity contribution in [3.8, 4) is 0 Å². The molecular weight excluding hydrogens is 435 g/mol.